The summed E-state index contributed by atoms with van der Waals surface area (Å²) >= 11 is 6.21. The Bertz CT molecular complexity index is 1630. The molecule has 0 fully saturated rings. The van der Waals surface area contributed by atoms with Crippen LogP contribution in [0, 0.1) is 0 Å². The van der Waals surface area contributed by atoms with Crippen molar-refractivity contribution in [3.05, 3.63) is 70.4 Å². The predicted octanol–water partition coefficient (Wildman–Crippen LogP) is 4.40. The van der Waals surface area contributed by atoms with Gasteiger partial charge in [0.1, 0.15) is 16.5 Å². The van der Waals surface area contributed by atoms with Gasteiger partial charge in [-0.15, -0.1) is 0 Å². The third-order valence-corrected chi connectivity index (χ3v) is 4.93. The number of carboxylic acid groups (broad SMARTS) is 1. The van der Waals surface area contributed by atoms with E-state index in [0.717, 1.165) is 10.9 Å². The van der Waals surface area contributed by atoms with Gasteiger partial charge < -0.3 is 20.8 Å². The number of benzene rings is 1. The number of H-pyrrole nitrogens is 2. The summed E-state index contributed by atoms with van der Waals surface area (Å²) in [5.74, 6) is -2.33. The summed E-state index contributed by atoms with van der Waals surface area (Å²) in [5.41, 5.74) is 10.1. The molecule has 0 aliphatic heterocycles. The summed E-state index contributed by atoms with van der Waals surface area (Å²) in [6, 6.07) is 12.5. The van der Waals surface area contributed by atoms with Crippen molar-refractivity contribution in [2.45, 2.75) is 6.18 Å². The maximum Gasteiger partial charge on any atom is 0.490 e. The molecule has 0 amide bonds. The molecule has 35 heavy (non-hydrogen) atoms. The van der Waals surface area contributed by atoms with Gasteiger partial charge in [0.05, 0.1) is 22.3 Å². The van der Waals surface area contributed by atoms with E-state index < -0.39 is 12.1 Å². The second-order valence-corrected chi connectivity index (χ2v) is 7.57. The molecule has 0 unspecified atom stereocenters. The molecule has 0 atom stereocenters. The molecule has 0 aliphatic rings. The molecule has 13 heteroatoms. The Labute approximate surface area is 198 Å². The summed E-state index contributed by atoms with van der Waals surface area (Å²) < 4.78 is 31.7. The molecule has 5 N–H and O–H groups in total. The molecular weight excluding hydrogens is 489 g/mol. The number of nitrogens with zero attached hydrogens (tertiary/aromatic N) is 3. The molecule has 0 bridgehead atoms. The third-order valence-electron chi connectivity index (χ3n) is 4.74. The van der Waals surface area contributed by atoms with Crippen molar-refractivity contribution in [1.29, 1.82) is 0 Å². The molecule has 0 saturated heterocycles. The molecule has 178 valence electrons. The number of hydrogen-bond acceptors (Lipinski definition) is 6. The molecule has 5 rings (SSSR count). The molecule has 0 spiro atoms. The Morgan fingerprint density at radius 3 is 2.49 bits per heavy atom. The highest BCUT2D eigenvalue weighted by Gasteiger charge is 2.38. The molecule has 4 aromatic heterocycles. The van der Waals surface area contributed by atoms with Crippen molar-refractivity contribution in [3.8, 4) is 22.6 Å². The zero-order chi connectivity index (χ0) is 25.3. The number of fused-ring (bicyclic) bond motifs is 2. The van der Waals surface area contributed by atoms with Crippen LogP contribution < -0.4 is 11.3 Å². The van der Waals surface area contributed by atoms with E-state index in [1.807, 2.05) is 12.1 Å². The van der Waals surface area contributed by atoms with Crippen LogP contribution in [0.5, 0.6) is 0 Å². The lowest BCUT2D eigenvalue weighted by atomic mass is 10.1. The number of imidazole rings is 1. The fourth-order valence-corrected chi connectivity index (χ4v) is 3.41. The number of carbonyl (C=O) groups is 1. The van der Waals surface area contributed by atoms with Crippen LogP contribution in [0.4, 0.5) is 18.9 Å². The van der Waals surface area contributed by atoms with Gasteiger partial charge in [-0.05, 0) is 24.3 Å². The number of nitrogens with one attached hydrogen (secondary N) is 2. The Balaban J connectivity index is 0.000000364. The van der Waals surface area contributed by atoms with Crippen molar-refractivity contribution >= 4 is 45.2 Å². The first kappa shape index (κ1) is 23.7. The molecule has 4 heterocycles. The zero-order valence-corrected chi connectivity index (χ0v) is 18.1. The van der Waals surface area contributed by atoms with E-state index in [1.165, 1.54) is 0 Å². The lowest BCUT2D eigenvalue weighted by Crippen LogP contribution is -2.21. The minimum Gasteiger partial charge on any atom is -0.475 e. The normalized spacial score (nSPS) is 11.3. The molecular formula is C22H14ClF3N6O3. The molecule has 0 aliphatic carbocycles. The minimum absolute atomic E-state index is 0.248. The van der Waals surface area contributed by atoms with Gasteiger partial charge in [-0.2, -0.15) is 13.2 Å². The average Bonchev–Trinajstić information content (AvgIpc) is 3.21. The number of nitrogen functional groups attached to an aromatic ring is 1. The van der Waals surface area contributed by atoms with Gasteiger partial charge in [0.15, 0.2) is 0 Å². The Hall–Kier alpha value is -4.45. The van der Waals surface area contributed by atoms with Crippen LogP contribution in [0.1, 0.15) is 0 Å². The first-order valence-corrected chi connectivity index (χ1v) is 10.1. The molecule has 1 aromatic carbocycles. The van der Waals surface area contributed by atoms with Gasteiger partial charge in [0.2, 0.25) is 0 Å². The summed E-state index contributed by atoms with van der Waals surface area (Å²) in [7, 11) is 0. The predicted molar refractivity (Wildman–Crippen MR) is 124 cm³/mol. The van der Waals surface area contributed by atoms with Crippen LogP contribution in [-0.2, 0) is 4.79 Å². The number of hydrogen-bond donors (Lipinski definition) is 4. The largest absolute Gasteiger partial charge is 0.490 e. The number of carboxylic acids is 1. The van der Waals surface area contributed by atoms with Crippen LogP contribution >= 0.6 is 11.6 Å². The van der Waals surface area contributed by atoms with Gasteiger partial charge in [-0.3, -0.25) is 9.78 Å². The van der Waals surface area contributed by atoms with Crippen molar-refractivity contribution in [1.82, 2.24) is 24.9 Å². The van der Waals surface area contributed by atoms with Gasteiger partial charge in [-0.1, -0.05) is 23.7 Å². The summed E-state index contributed by atoms with van der Waals surface area (Å²) in [6.45, 7) is 0. The first-order valence-electron chi connectivity index (χ1n) is 9.72. The number of aromatic amines is 2. The van der Waals surface area contributed by atoms with Crippen molar-refractivity contribution < 1.29 is 23.1 Å². The molecule has 9 nitrogen and oxygen atoms in total. The van der Waals surface area contributed by atoms with E-state index in [-0.39, 0.29) is 5.56 Å². The number of halogens is 4. The average molecular weight is 503 g/mol. The van der Waals surface area contributed by atoms with E-state index in [9.17, 15) is 18.0 Å². The van der Waals surface area contributed by atoms with Crippen LogP contribution in [-0.4, -0.2) is 42.2 Å². The number of rotatable bonds is 2. The second kappa shape index (κ2) is 9.06. The number of anilines is 1. The van der Waals surface area contributed by atoms with Gasteiger partial charge in [-0.25, -0.2) is 14.8 Å². The highest BCUT2D eigenvalue weighted by Crippen LogP contribution is 2.30. The van der Waals surface area contributed by atoms with Gasteiger partial charge in [0, 0.05) is 35.1 Å². The minimum atomic E-state index is -5.08. The fraction of sp³-hybridized carbons (Fsp3) is 0.0455. The summed E-state index contributed by atoms with van der Waals surface area (Å²) in [5, 5.41) is 8.25. The number of alkyl halides is 3. The standard InChI is InChI=1S/C20H13ClN6O.C2HF3O2/c21-16-8-15-18(17(26-16)10-2-1-3-12(22)6-10)27-19(24-15)13-7-11-9-23-5-4-14(11)25-20(13)28;3-2(4,5)1(6)7/h1-9H,22H2,(H,24,27)(H,25,28);(H,6,7). The number of aliphatic carboxylic acids is 1. The van der Waals surface area contributed by atoms with Crippen molar-refractivity contribution in [2.24, 2.45) is 0 Å². The number of aromatic nitrogens is 5. The van der Waals surface area contributed by atoms with Gasteiger partial charge in [0.25, 0.3) is 5.56 Å². The van der Waals surface area contributed by atoms with Crippen molar-refractivity contribution in [2.75, 3.05) is 5.73 Å². The zero-order valence-electron chi connectivity index (χ0n) is 17.4. The highest BCUT2D eigenvalue weighted by atomic mass is 35.5. The maximum atomic E-state index is 12.6. The Kier molecular flexibility index (Phi) is 6.14. The summed E-state index contributed by atoms with van der Waals surface area (Å²) in [4.78, 5) is 40.7. The SMILES string of the molecule is Nc1cccc(-c2nc(Cl)cc3[nH]c(-c4cc5cnccc5[nH]c4=O)nc23)c1.O=C(O)C(F)(F)F. The van der Waals surface area contributed by atoms with Crippen molar-refractivity contribution in [3.63, 3.8) is 0 Å². The monoisotopic (exact) mass is 502 g/mol. The van der Waals surface area contributed by atoms with Crippen LogP contribution in [0.25, 0.3) is 44.6 Å². The summed E-state index contributed by atoms with van der Waals surface area (Å²) in [6.07, 6.45) is -1.77. The van der Waals surface area contributed by atoms with Crippen LogP contribution in [0.2, 0.25) is 5.15 Å². The Morgan fingerprint density at radius 1 is 1.06 bits per heavy atom. The Morgan fingerprint density at radius 2 is 1.80 bits per heavy atom. The maximum absolute atomic E-state index is 12.6. The first-order chi connectivity index (χ1) is 16.5. The fourth-order valence-electron chi connectivity index (χ4n) is 3.22. The quantitative estimate of drug-likeness (QED) is 0.206. The van der Waals surface area contributed by atoms with E-state index in [0.29, 0.717) is 44.5 Å². The smallest absolute Gasteiger partial charge is 0.475 e. The number of pyridine rings is 3. The lowest BCUT2D eigenvalue weighted by Gasteiger charge is -2.03. The molecule has 0 saturated carbocycles. The number of nitrogens with two attached hydrogens (primary N) is 1. The van der Waals surface area contributed by atoms with Crippen LogP contribution in [0.15, 0.2) is 59.7 Å². The lowest BCUT2D eigenvalue weighted by molar-refractivity contribution is -0.192. The molecule has 0 radical (unpaired) electrons. The van der Waals surface area contributed by atoms with Crippen LogP contribution in [0.3, 0.4) is 0 Å². The van der Waals surface area contributed by atoms with E-state index in [2.05, 4.69) is 24.9 Å². The molecule has 5 aromatic rings. The second-order valence-electron chi connectivity index (χ2n) is 7.18. The van der Waals surface area contributed by atoms with Gasteiger partial charge >= 0.3 is 12.1 Å². The van der Waals surface area contributed by atoms with E-state index in [4.69, 9.17) is 27.2 Å². The van der Waals surface area contributed by atoms with E-state index in [1.54, 1.807) is 42.7 Å². The van der Waals surface area contributed by atoms with E-state index >= 15 is 0 Å². The third kappa shape index (κ3) is 5.06. The topological polar surface area (TPSA) is 151 Å². The highest BCUT2D eigenvalue weighted by molar-refractivity contribution is 6.30.